The highest BCUT2D eigenvalue weighted by atomic mass is 16.5. The van der Waals surface area contributed by atoms with Gasteiger partial charge in [0.25, 0.3) is 0 Å². The Morgan fingerprint density at radius 2 is 2.12 bits per heavy atom. The Bertz CT molecular complexity index is 251. The van der Waals surface area contributed by atoms with Crippen LogP contribution in [0, 0.1) is 5.41 Å². The number of urea groups is 1. The number of rotatable bonds is 3. The van der Waals surface area contributed by atoms with E-state index in [1.54, 1.807) is 0 Å². The van der Waals surface area contributed by atoms with Gasteiger partial charge in [0.2, 0.25) is 0 Å². The Morgan fingerprint density at radius 1 is 1.41 bits per heavy atom. The monoisotopic (exact) mass is 243 g/mol. The fraction of sp³-hybridized carbons (Fsp3) is 0.917. The number of likely N-dealkylation sites (N-methyl/N-ethyl adjacent to an activating group) is 1. The van der Waals surface area contributed by atoms with Gasteiger partial charge in [-0.1, -0.05) is 20.8 Å². The van der Waals surface area contributed by atoms with Crippen LogP contribution in [0.1, 0.15) is 20.8 Å². The molecule has 1 unspecified atom stereocenters. The fourth-order valence-electron chi connectivity index (χ4n) is 1.60. The summed E-state index contributed by atoms with van der Waals surface area (Å²) in [7, 11) is 2.06. The highest BCUT2D eigenvalue weighted by Crippen LogP contribution is 2.09. The number of hydrogen-bond donors (Lipinski definition) is 2. The van der Waals surface area contributed by atoms with Gasteiger partial charge in [0.05, 0.1) is 12.7 Å². The van der Waals surface area contributed by atoms with Crippen LogP contribution in [0.4, 0.5) is 4.79 Å². The van der Waals surface area contributed by atoms with Gasteiger partial charge in [-0.25, -0.2) is 4.79 Å². The standard InChI is InChI=1S/C12H25N3O2/c1-12(2,3)9-14-11(16)13-7-10-8-15(4)5-6-17-10/h10H,5-9H2,1-4H3,(H2,13,14,16). The van der Waals surface area contributed by atoms with Crippen molar-refractivity contribution in [3.63, 3.8) is 0 Å². The van der Waals surface area contributed by atoms with Crippen LogP contribution in [0.15, 0.2) is 0 Å². The van der Waals surface area contributed by atoms with Crippen LogP contribution in [-0.4, -0.2) is 56.9 Å². The van der Waals surface area contributed by atoms with Crippen molar-refractivity contribution in [3.05, 3.63) is 0 Å². The topological polar surface area (TPSA) is 53.6 Å². The summed E-state index contributed by atoms with van der Waals surface area (Å²) in [5.41, 5.74) is 0.110. The molecule has 1 heterocycles. The second-order valence-corrected chi connectivity index (χ2v) is 5.88. The molecule has 0 bridgehead atoms. The molecule has 100 valence electrons. The molecule has 5 nitrogen and oxygen atoms in total. The molecule has 1 atom stereocenters. The van der Waals surface area contributed by atoms with E-state index in [0.29, 0.717) is 13.1 Å². The summed E-state index contributed by atoms with van der Waals surface area (Å²) >= 11 is 0. The van der Waals surface area contributed by atoms with E-state index in [1.165, 1.54) is 0 Å². The Morgan fingerprint density at radius 3 is 2.71 bits per heavy atom. The summed E-state index contributed by atoms with van der Waals surface area (Å²) in [6.45, 7) is 10.1. The SMILES string of the molecule is CN1CCOC(CNC(=O)NCC(C)(C)C)C1. The van der Waals surface area contributed by atoms with Gasteiger partial charge in [0, 0.05) is 26.2 Å². The zero-order valence-electron chi connectivity index (χ0n) is 11.4. The first-order valence-corrected chi connectivity index (χ1v) is 6.19. The van der Waals surface area contributed by atoms with Gasteiger partial charge in [0.15, 0.2) is 0 Å². The summed E-state index contributed by atoms with van der Waals surface area (Å²) < 4.78 is 5.56. The minimum Gasteiger partial charge on any atom is -0.374 e. The highest BCUT2D eigenvalue weighted by Gasteiger charge is 2.18. The van der Waals surface area contributed by atoms with Gasteiger partial charge in [-0.2, -0.15) is 0 Å². The number of nitrogens with one attached hydrogen (secondary N) is 2. The third-order valence-electron chi connectivity index (χ3n) is 2.61. The van der Waals surface area contributed by atoms with E-state index in [1.807, 2.05) is 0 Å². The van der Waals surface area contributed by atoms with E-state index in [-0.39, 0.29) is 17.6 Å². The van der Waals surface area contributed by atoms with Gasteiger partial charge in [-0.05, 0) is 12.5 Å². The molecular weight excluding hydrogens is 218 g/mol. The van der Waals surface area contributed by atoms with Crippen molar-refractivity contribution in [3.8, 4) is 0 Å². The molecule has 1 rings (SSSR count). The average molecular weight is 243 g/mol. The van der Waals surface area contributed by atoms with Gasteiger partial charge < -0.3 is 20.3 Å². The lowest BCUT2D eigenvalue weighted by atomic mass is 9.97. The molecule has 2 N–H and O–H groups in total. The molecule has 1 fully saturated rings. The number of carbonyl (C=O) groups excluding carboxylic acids is 1. The number of hydrogen-bond acceptors (Lipinski definition) is 3. The molecule has 0 saturated carbocycles. The maximum Gasteiger partial charge on any atom is 0.314 e. The smallest absolute Gasteiger partial charge is 0.314 e. The lowest BCUT2D eigenvalue weighted by molar-refractivity contribution is -0.0167. The molecule has 17 heavy (non-hydrogen) atoms. The summed E-state index contributed by atoms with van der Waals surface area (Å²) in [6.07, 6.45) is 0.106. The Labute approximate surface area is 104 Å². The van der Waals surface area contributed by atoms with Gasteiger partial charge in [-0.3, -0.25) is 0 Å². The third-order valence-corrected chi connectivity index (χ3v) is 2.61. The summed E-state index contributed by atoms with van der Waals surface area (Å²) in [6, 6.07) is -0.114. The molecule has 0 radical (unpaired) electrons. The maximum absolute atomic E-state index is 11.5. The van der Waals surface area contributed by atoms with Gasteiger partial charge in [-0.15, -0.1) is 0 Å². The van der Waals surface area contributed by atoms with Crippen molar-refractivity contribution in [2.45, 2.75) is 26.9 Å². The normalized spacial score (nSPS) is 22.2. The molecule has 5 heteroatoms. The number of carbonyl (C=O) groups is 1. The average Bonchev–Trinajstić information content (AvgIpc) is 2.23. The van der Waals surface area contributed by atoms with E-state index in [2.05, 4.69) is 43.4 Å². The minimum atomic E-state index is -0.114. The summed E-state index contributed by atoms with van der Waals surface area (Å²) in [5, 5.41) is 5.70. The number of morpholine rings is 1. The largest absolute Gasteiger partial charge is 0.374 e. The second-order valence-electron chi connectivity index (χ2n) is 5.88. The highest BCUT2D eigenvalue weighted by molar-refractivity contribution is 5.73. The first-order chi connectivity index (χ1) is 7.87. The van der Waals surface area contributed by atoms with Crippen molar-refractivity contribution < 1.29 is 9.53 Å². The van der Waals surface area contributed by atoms with Crippen LogP contribution in [-0.2, 0) is 4.74 Å². The number of nitrogens with zero attached hydrogens (tertiary/aromatic N) is 1. The van der Waals surface area contributed by atoms with Crippen molar-refractivity contribution in [2.24, 2.45) is 5.41 Å². The van der Waals surface area contributed by atoms with E-state index in [4.69, 9.17) is 4.74 Å². The Balaban J connectivity index is 2.15. The molecule has 0 aliphatic carbocycles. The molecule has 0 aromatic carbocycles. The van der Waals surface area contributed by atoms with Crippen LogP contribution in [0.25, 0.3) is 0 Å². The lowest BCUT2D eigenvalue weighted by Gasteiger charge is -2.30. The minimum absolute atomic E-state index is 0.106. The molecule has 0 aromatic rings. The third kappa shape index (κ3) is 6.48. The molecule has 1 aliphatic rings. The first kappa shape index (κ1) is 14.3. The number of amides is 2. The van der Waals surface area contributed by atoms with Crippen LogP contribution in [0.3, 0.4) is 0 Å². The Kier molecular flexibility index (Phi) is 5.21. The zero-order valence-corrected chi connectivity index (χ0v) is 11.4. The molecule has 0 spiro atoms. The van der Waals surface area contributed by atoms with Crippen molar-refractivity contribution >= 4 is 6.03 Å². The van der Waals surface area contributed by atoms with Crippen LogP contribution < -0.4 is 10.6 Å². The van der Waals surface area contributed by atoms with Gasteiger partial charge >= 0.3 is 6.03 Å². The number of ether oxygens (including phenoxy) is 1. The van der Waals surface area contributed by atoms with Crippen LogP contribution in [0.5, 0.6) is 0 Å². The molecule has 0 aromatic heterocycles. The summed E-state index contributed by atoms with van der Waals surface area (Å²) in [5.74, 6) is 0. The zero-order chi connectivity index (χ0) is 12.9. The van der Waals surface area contributed by atoms with Crippen molar-refractivity contribution in [1.82, 2.24) is 15.5 Å². The molecule has 1 aliphatic heterocycles. The van der Waals surface area contributed by atoms with Crippen LogP contribution in [0.2, 0.25) is 0 Å². The fourth-order valence-corrected chi connectivity index (χ4v) is 1.60. The van der Waals surface area contributed by atoms with Crippen LogP contribution >= 0.6 is 0 Å². The van der Waals surface area contributed by atoms with Crippen molar-refractivity contribution in [1.29, 1.82) is 0 Å². The second kappa shape index (κ2) is 6.21. The molecule has 2 amide bonds. The predicted octanol–water partition coefficient (Wildman–Crippen LogP) is 0.662. The quantitative estimate of drug-likeness (QED) is 0.766. The maximum atomic E-state index is 11.5. The first-order valence-electron chi connectivity index (χ1n) is 6.19. The lowest BCUT2D eigenvalue weighted by Crippen LogP contribution is -2.48. The van der Waals surface area contributed by atoms with E-state index in [9.17, 15) is 4.79 Å². The summed E-state index contributed by atoms with van der Waals surface area (Å²) in [4.78, 5) is 13.7. The molecular formula is C12H25N3O2. The molecule has 1 saturated heterocycles. The van der Waals surface area contributed by atoms with E-state index in [0.717, 1.165) is 19.7 Å². The van der Waals surface area contributed by atoms with Gasteiger partial charge in [0.1, 0.15) is 0 Å². The van der Waals surface area contributed by atoms with Crippen molar-refractivity contribution in [2.75, 3.05) is 39.8 Å². The van der Waals surface area contributed by atoms with E-state index >= 15 is 0 Å². The van der Waals surface area contributed by atoms with E-state index < -0.39 is 0 Å². The predicted molar refractivity (Wildman–Crippen MR) is 68.1 cm³/mol. The Hall–Kier alpha value is -0.810.